The van der Waals surface area contributed by atoms with E-state index in [0.717, 1.165) is 10.0 Å². The summed E-state index contributed by atoms with van der Waals surface area (Å²) in [4.78, 5) is 11.0. The summed E-state index contributed by atoms with van der Waals surface area (Å²) in [6.45, 7) is 0.619. The summed E-state index contributed by atoms with van der Waals surface area (Å²) in [5, 5.41) is 12.4. The zero-order valence-electron chi connectivity index (χ0n) is 7.46. The van der Waals surface area contributed by atoms with Gasteiger partial charge in [0, 0.05) is 23.4 Å². The summed E-state index contributed by atoms with van der Waals surface area (Å²) in [7, 11) is 0. The monoisotopic (exact) mass is 255 g/mol. The number of halogens is 1. The predicted octanol–water partition coefficient (Wildman–Crippen LogP) is 1.76. The second-order valence-electron chi connectivity index (χ2n) is 3.41. The lowest BCUT2D eigenvalue weighted by Gasteiger charge is -2.09. The Kier molecular flexibility index (Phi) is 2.46. The van der Waals surface area contributed by atoms with E-state index in [0.29, 0.717) is 13.0 Å². The van der Waals surface area contributed by atoms with Crippen LogP contribution < -0.4 is 5.32 Å². The van der Waals surface area contributed by atoms with Gasteiger partial charge < -0.3 is 10.4 Å². The molecule has 3 nitrogen and oxygen atoms in total. The van der Waals surface area contributed by atoms with E-state index < -0.39 is 0 Å². The molecule has 1 amide bonds. The Morgan fingerprint density at radius 3 is 2.86 bits per heavy atom. The van der Waals surface area contributed by atoms with Crippen LogP contribution in [0.1, 0.15) is 17.9 Å². The molecule has 1 atom stereocenters. The van der Waals surface area contributed by atoms with Crippen LogP contribution >= 0.6 is 15.9 Å². The molecule has 0 bridgehead atoms. The number of aromatic hydroxyl groups is 1. The van der Waals surface area contributed by atoms with Gasteiger partial charge in [0.25, 0.3) is 0 Å². The molecule has 0 aromatic heterocycles. The molecule has 2 N–H and O–H groups in total. The Balaban J connectivity index is 2.28. The van der Waals surface area contributed by atoms with Gasteiger partial charge in [-0.05, 0) is 17.7 Å². The van der Waals surface area contributed by atoms with E-state index in [2.05, 4.69) is 21.2 Å². The SMILES string of the molecule is O=C1CC(c2ccc(Br)cc2O)CN1. The highest BCUT2D eigenvalue weighted by molar-refractivity contribution is 9.10. The lowest BCUT2D eigenvalue weighted by molar-refractivity contribution is -0.119. The highest BCUT2D eigenvalue weighted by Crippen LogP contribution is 2.32. The summed E-state index contributed by atoms with van der Waals surface area (Å²) >= 11 is 3.27. The first-order valence-corrected chi connectivity index (χ1v) is 5.21. The van der Waals surface area contributed by atoms with Crippen LogP contribution in [0.4, 0.5) is 0 Å². The van der Waals surface area contributed by atoms with Crippen molar-refractivity contribution >= 4 is 21.8 Å². The van der Waals surface area contributed by atoms with Crippen molar-refractivity contribution < 1.29 is 9.90 Å². The van der Waals surface area contributed by atoms with E-state index in [-0.39, 0.29) is 17.6 Å². The number of hydrogen-bond acceptors (Lipinski definition) is 2. The van der Waals surface area contributed by atoms with Gasteiger partial charge in [0.15, 0.2) is 0 Å². The minimum atomic E-state index is 0.0531. The maximum Gasteiger partial charge on any atom is 0.220 e. The van der Waals surface area contributed by atoms with Crippen molar-refractivity contribution in [3.8, 4) is 5.75 Å². The maximum absolute atomic E-state index is 11.0. The fourth-order valence-corrected chi connectivity index (χ4v) is 2.04. The molecule has 2 rings (SSSR count). The number of benzene rings is 1. The molecule has 14 heavy (non-hydrogen) atoms. The smallest absolute Gasteiger partial charge is 0.220 e. The van der Waals surface area contributed by atoms with Crippen LogP contribution in [0, 0.1) is 0 Å². The van der Waals surface area contributed by atoms with Crippen molar-refractivity contribution in [2.45, 2.75) is 12.3 Å². The van der Waals surface area contributed by atoms with E-state index in [1.54, 1.807) is 6.07 Å². The van der Waals surface area contributed by atoms with Crippen LogP contribution in [0.3, 0.4) is 0 Å². The fraction of sp³-hybridized carbons (Fsp3) is 0.300. The maximum atomic E-state index is 11.0. The van der Waals surface area contributed by atoms with Crippen molar-refractivity contribution in [3.63, 3.8) is 0 Å². The van der Waals surface area contributed by atoms with Crippen molar-refractivity contribution in [1.82, 2.24) is 5.32 Å². The molecule has 1 aliphatic rings. The Hall–Kier alpha value is -1.03. The number of rotatable bonds is 1. The molecule has 4 heteroatoms. The molecule has 1 aliphatic heterocycles. The second-order valence-corrected chi connectivity index (χ2v) is 4.32. The molecule has 1 fully saturated rings. The minimum absolute atomic E-state index is 0.0531. The summed E-state index contributed by atoms with van der Waals surface area (Å²) in [6.07, 6.45) is 0.467. The van der Waals surface area contributed by atoms with Gasteiger partial charge in [-0.15, -0.1) is 0 Å². The van der Waals surface area contributed by atoms with Gasteiger partial charge in [-0.1, -0.05) is 22.0 Å². The molecule has 0 spiro atoms. The number of nitrogens with one attached hydrogen (secondary N) is 1. The Morgan fingerprint density at radius 1 is 1.50 bits per heavy atom. The number of phenolic OH excluding ortho intramolecular Hbond substituents is 1. The third-order valence-corrected chi connectivity index (χ3v) is 2.90. The normalized spacial score (nSPS) is 20.9. The molecule has 1 aromatic rings. The minimum Gasteiger partial charge on any atom is -0.508 e. The van der Waals surface area contributed by atoms with Gasteiger partial charge in [-0.2, -0.15) is 0 Å². The average molecular weight is 256 g/mol. The summed E-state index contributed by atoms with van der Waals surface area (Å²) in [6, 6.07) is 5.38. The highest BCUT2D eigenvalue weighted by Gasteiger charge is 2.24. The molecule has 0 saturated carbocycles. The van der Waals surface area contributed by atoms with Crippen molar-refractivity contribution in [2.75, 3.05) is 6.54 Å². The zero-order chi connectivity index (χ0) is 10.1. The van der Waals surface area contributed by atoms with Gasteiger partial charge in [-0.3, -0.25) is 4.79 Å². The lowest BCUT2D eigenvalue weighted by Crippen LogP contribution is -2.13. The molecule has 1 unspecified atom stereocenters. The van der Waals surface area contributed by atoms with E-state index >= 15 is 0 Å². The molecular formula is C10H10BrNO2. The topological polar surface area (TPSA) is 49.3 Å². The standard InChI is InChI=1S/C10H10BrNO2/c11-7-1-2-8(9(13)4-7)6-3-10(14)12-5-6/h1-2,4,6,13H,3,5H2,(H,12,14). The lowest BCUT2D eigenvalue weighted by atomic mass is 9.97. The molecule has 1 aromatic carbocycles. The van der Waals surface area contributed by atoms with Crippen LogP contribution in [0.2, 0.25) is 0 Å². The molecule has 1 saturated heterocycles. The third kappa shape index (κ3) is 1.75. The summed E-state index contributed by atoms with van der Waals surface area (Å²) < 4.78 is 0.844. The number of carbonyl (C=O) groups is 1. The van der Waals surface area contributed by atoms with E-state index in [1.165, 1.54) is 0 Å². The van der Waals surface area contributed by atoms with Crippen molar-refractivity contribution in [2.24, 2.45) is 0 Å². The molecular weight excluding hydrogens is 246 g/mol. The average Bonchev–Trinajstić information content (AvgIpc) is 2.51. The van der Waals surface area contributed by atoms with Crippen molar-refractivity contribution in [3.05, 3.63) is 28.2 Å². The Bertz CT molecular complexity index is 378. The Morgan fingerprint density at radius 2 is 2.29 bits per heavy atom. The number of carbonyl (C=O) groups excluding carboxylic acids is 1. The first kappa shape index (κ1) is 9.52. The number of hydrogen-bond donors (Lipinski definition) is 2. The predicted molar refractivity (Wildman–Crippen MR) is 56.2 cm³/mol. The van der Waals surface area contributed by atoms with Crippen LogP contribution in [0.5, 0.6) is 5.75 Å². The first-order chi connectivity index (χ1) is 6.66. The summed E-state index contributed by atoms with van der Waals surface area (Å²) in [5.41, 5.74) is 0.839. The van der Waals surface area contributed by atoms with Crippen LogP contribution in [0.25, 0.3) is 0 Å². The number of phenols is 1. The van der Waals surface area contributed by atoms with Gasteiger partial charge in [-0.25, -0.2) is 0 Å². The van der Waals surface area contributed by atoms with Gasteiger partial charge in [0.2, 0.25) is 5.91 Å². The molecule has 0 aliphatic carbocycles. The van der Waals surface area contributed by atoms with Crippen molar-refractivity contribution in [1.29, 1.82) is 0 Å². The zero-order valence-corrected chi connectivity index (χ0v) is 9.04. The largest absolute Gasteiger partial charge is 0.508 e. The third-order valence-electron chi connectivity index (χ3n) is 2.41. The van der Waals surface area contributed by atoms with Gasteiger partial charge >= 0.3 is 0 Å². The van der Waals surface area contributed by atoms with Crippen LogP contribution in [0.15, 0.2) is 22.7 Å². The van der Waals surface area contributed by atoms with Gasteiger partial charge in [0.1, 0.15) is 5.75 Å². The second kappa shape index (κ2) is 3.61. The van der Waals surface area contributed by atoms with E-state index in [4.69, 9.17) is 0 Å². The van der Waals surface area contributed by atoms with E-state index in [1.807, 2.05) is 12.1 Å². The molecule has 1 heterocycles. The highest BCUT2D eigenvalue weighted by atomic mass is 79.9. The Labute approximate surface area is 90.3 Å². The quantitative estimate of drug-likeness (QED) is 0.804. The van der Waals surface area contributed by atoms with Crippen LogP contribution in [-0.2, 0) is 4.79 Å². The fourth-order valence-electron chi connectivity index (χ4n) is 1.69. The van der Waals surface area contributed by atoms with E-state index in [9.17, 15) is 9.90 Å². The summed E-state index contributed by atoms with van der Waals surface area (Å²) in [5.74, 6) is 0.411. The first-order valence-electron chi connectivity index (χ1n) is 4.42. The van der Waals surface area contributed by atoms with Crippen LogP contribution in [-0.4, -0.2) is 17.6 Å². The molecule has 0 radical (unpaired) electrons. The van der Waals surface area contributed by atoms with Gasteiger partial charge in [0.05, 0.1) is 0 Å². The number of amides is 1. The molecule has 74 valence electrons.